The Bertz CT molecular complexity index is 846. The molecule has 0 atom stereocenters. The largest absolute Gasteiger partial charge is 0.0620 e. The molecule has 0 aliphatic carbocycles. The standard InChI is InChI=1S/C23H23Br/c1-17-9-4-6-13-21(17)23(2,3)22-14-7-5-11-19(22)15-18-10-8-12-20(24)16-18/h4-14,16H,15H2,1-3H3. The van der Waals surface area contributed by atoms with Gasteiger partial charge in [-0.2, -0.15) is 0 Å². The van der Waals surface area contributed by atoms with Crippen molar-refractivity contribution in [3.8, 4) is 0 Å². The van der Waals surface area contributed by atoms with Gasteiger partial charge in [0.2, 0.25) is 0 Å². The molecule has 0 aliphatic heterocycles. The van der Waals surface area contributed by atoms with Crippen LogP contribution in [0.5, 0.6) is 0 Å². The Hall–Kier alpha value is -1.86. The smallest absolute Gasteiger partial charge is 0.0178 e. The SMILES string of the molecule is Cc1ccccc1C(C)(C)c1ccccc1Cc1cccc(Br)c1. The summed E-state index contributed by atoms with van der Waals surface area (Å²) in [4.78, 5) is 0. The summed E-state index contributed by atoms with van der Waals surface area (Å²) >= 11 is 3.58. The quantitative estimate of drug-likeness (QED) is 0.475. The summed E-state index contributed by atoms with van der Waals surface area (Å²) in [6.45, 7) is 6.86. The lowest BCUT2D eigenvalue weighted by Crippen LogP contribution is -2.22. The predicted molar refractivity (Wildman–Crippen MR) is 107 cm³/mol. The molecule has 0 saturated heterocycles. The van der Waals surface area contributed by atoms with Crippen LogP contribution in [-0.2, 0) is 11.8 Å². The van der Waals surface area contributed by atoms with Gasteiger partial charge in [-0.1, -0.05) is 90.4 Å². The molecule has 0 bridgehead atoms. The molecular weight excluding hydrogens is 356 g/mol. The van der Waals surface area contributed by atoms with Crippen molar-refractivity contribution in [3.05, 3.63) is 105 Å². The van der Waals surface area contributed by atoms with Crippen molar-refractivity contribution >= 4 is 15.9 Å². The predicted octanol–water partition coefficient (Wildman–Crippen LogP) is 6.67. The molecule has 3 aromatic rings. The van der Waals surface area contributed by atoms with Crippen LogP contribution >= 0.6 is 15.9 Å². The summed E-state index contributed by atoms with van der Waals surface area (Å²) in [6, 6.07) is 26.1. The minimum atomic E-state index is -0.0199. The first-order valence-corrected chi connectivity index (χ1v) is 9.17. The van der Waals surface area contributed by atoms with Gasteiger partial charge >= 0.3 is 0 Å². The molecule has 24 heavy (non-hydrogen) atoms. The summed E-state index contributed by atoms with van der Waals surface area (Å²) in [7, 11) is 0. The van der Waals surface area contributed by atoms with E-state index in [2.05, 4.69) is 109 Å². The second-order valence-electron chi connectivity index (χ2n) is 6.90. The van der Waals surface area contributed by atoms with E-state index >= 15 is 0 Å². The first-order chi connectivity index (χ1) is 11.5. The van der Waals surface area contributed by atoms with Gasteiger partial charge in [0.15, 0.2) is 0 Å². The number of rotatable bonds is 4. The fraction of sp³-hybridized carbons (Fsp3) is 0.217. The highest BCUT2D eigenvalue weighted by Crippen LogP contribution is 2.36. The van der Waals surface area contributed by atoms with E-state index in [-0.39, 0.29) is 5.41 Å². The number of hydrogen-bond donors (Lipinski definition) is 0. The van der Waals surface area contributed by atoms with Crippen LogP contribution in [0, 0.1) is 6.92 Å². The number of aryl methyl sites for hydroxylation is 1. The van der Waals surface area contributed by atoms with Crippen LogP contribution in [0.3, 0.4) is 0 Å². The zero-order valence-corrected chi connectivity index (χ0v) is 16.1. The Kier molecular flexibility index (Phi) is 4.91. The van der Waals surface area contributed by atoms with Crippen molar-refractivity contribution in [2.45, 2.75) is 32.6 Å². The van der Waals surface area contributed by atoms with Gasteiger partial charge in [-0.25, -0.2) is 0 Å². The molecular formula is C23H23Br. The molecule has 0 radical (unpaired) electrons. The number of halogens is 1. The van der Waals surface area contributed by atoms with Crippen molar-refractivity contribution < 1.29 is 0 Å². The third kappa shape index (κ3) is 3.47. The molecule has 122 valence electrons. The van der Waals surface area contributed by atoms with Crippen LogP contribution in [0.4, 0.5) is 0 Å². The number of benzene rings is 3. The van der Waals surface area contributed by atoms with E-state index in [1.165, 1.54) is 27.8 Å². The third-order valence-electron chi connectivity index (χ3n) is 4.79. The van der Waals surface area contributed by atoms with Crippen molar-refractivity contribution in [2.24, 2.45) is 0 Å². The average Bonchev–Trinajstić information content (AvgIpc) is 2.55. The highest BCUT2D eigenvalue weighted by atomic mass is 79.9. The molecule has 0 spiro atoms. The highest BCUT2D eigenvalue weighted by molar-refractivity contribution is 9.10. The van der Waals surface area contributed by atoms with E-state index in [1.54, 1.807) is 0 Å². The van der Waals surface area contributed by atoms with Gasteiger partial charge in [0.1, 0.15) is 0 Å². The molecule has 3 rings (SSSR count). The minimum Gasteiger partial charge on any atom is -0.0620 e. The van der Waals surface area contributed by atoms with Crippen LogP contribution in [0.25, 0.3) is 0 Å². The van der Waals surface area contributed by atoms with Crippen LogP contribution in [0.15, 0.2) is 77.3 Å². The third-order valence-corrected chi connectivity index (χ3v) is 5.29. The van der Waals surface area contributed by atoms with Crippen LogP contribution in [0.2, 0.25) is 0 Å². The Balaban J connectivity index is 2.04. The number of hydrogen-bond acceptors (Lipinski definition) is 0. The molecule has 0 fully saturated rings. The lowest BCUT2D eigenvalue weighted by molar-refractivity contribution is 0.629. The molecule has 0 amide bonds. The Morgan fingerprint density at radius 3 is 2.17 bits per heavy atom. The van der Waals surface area contributed by atoms with E-state index < -0.39 is 0 Å². The van der Waals surface area contributed by atoms with Gasteiger partial charge in [0.05, 0.1) is 0 Å². The minimum absolute atomic E-state index is 0.0199. The summed E-state index contributed by atoms with van der Waals surface area (Å²) in [6.07, 6.45) is 0.949. The molecule has 0 aromatic heterocycles. The van der Waals surface area contributed by atoms with Gasteiger partial charge in [0, 0.05) is 9.89 Å². The van der Waals surface area contributed by atoms with E-state index in [9.17, 15) is 0 Å². The Labute approximate surface area is 153 Å². The van der Waals surface area contributed by atoms with Crippen LogP contribution < -0.4 is 0 Å². The van der Waals surface area contributed by atoms with Crippen molar-refractivity contribution in [2.75, 3.05) is 0 Å². The van der Waals surface area contributed by atoms with Crippen LogP contribution in [0.1, 0.15) is 41.7 Å². The normalized spacial score (nSPS) is 11.5. The molecule has 1 heteroatoms. The van der Waals surface area contributed by atoms with Crippen LogP contribution in [-0.4, -0.2) is 0 Å². The highest BCUT2D eigenvalue weighted by Gasteiger charge is 2.26. The zero-order chi connectivity index (χ0) is 17.2. The summed E-state index contributed by atoms with van der Waals surface area (Å²) in [5.74, 6) is 0. The molecule has 0 saturated carbocycles. The Morgan fingerprint density at radius 2 is 1.46 bits per heavy atom. The maximum atomic E-state index is 3.58. The van der Waals surface area contributed by atoms with Gasteiger partial charge < -0.3 is 0 Å². The van der Waals surface area contributed by atoms with Crippen molar-refractivity contribution in [1.29, 1.82) is 0 Å². The van der Waals surface area contributed by atoms with Gasteiger partial charge in [-0.05, 0) is 53.3 Å². The summed E-state index contributed by atoms with van der Waals surface area (Å²) in [5.41, 5.74) is 6.85. The molecule has 0 unspecified atom stereocenters. The maximum absolute atomic E-state index is 3.58. The fourth-order valence-corrected chi connectivity index (χ4v) is 4.02. The second kappa shape index (κ2) is 6.94. The average molecular weight is 379 g/mol. The Morgan fingerprint density at radius 1 is 0.792 bits per heavy atom. The van der Waals surface area contributed by atoms with Gasteiger partial charge in [0.25, 0.3) is 0 Å². The molecule has 0 aliphatic rings. The fourth-order valence-electron chi connectivity index (χ4n) is 3.57. The topological polar surface area (TPSA) is 0 Å². The summed E-state index contributed by atoms with van der Waals surface area (Å²) < 4.78 is 1.13. The van der Waals surface area contributed by atoms with Gasteiger partial charge in [-0.15, -0.1) is 0 Å². The zero-order valence-electron chi connectivity index (χ0n) is 14.5. The summed E-state index contributed by atoms with van der Waals surface area (Å²) in [5, 5.41) is 0. The molecule has 0 N–H and O–H groups in total. The van der Waals surface area contributed by atoms with E-state index in [4.69, 9.17) is 0 Å². The first kappa shape index (κ1) is 17.0. The lowest BCUT2D eigenvalue weighted by atomic mass is 9.74. The van der Waals surface area contributed by atoms with Gasteiger partial charge in [-0.3, -0.25) is 0 Å². The van der Waals surface area contributed by atoms with E-state index in [1.807, 2.05) is 0 Å². The van der Waals surface area contributed by atoms with E-state index in [0.717, 1.165) is 10.9 Å². The van der Waals surface area contributed by atoms with Crippen molar-refractivity contribution in [3.63, 3.8) is 0 Å². The second-order valence-corrected chi connectivity index (χ2v) is 7.82. The molecule has 0 nitrogen and oxygen atoms in total. The first-order valence-electron chi connectivity index (χ1n) is 8.37. The monoisotopic (exact) mass is 378 g/mol. The molecule has 0 heterocycles. The van der Waals surface area contributed by atoms with E-state index in [0.29, 0.717) is 0 Å². The van der Waals surface area contributed by atoms with Crippen molar-refractivity contribution in [1.82, 2.24) is 0 Å². The lowest BCUT2D eigenvalue weighted by Gasteiger charge is -2.30. The molecule has 3 aromatic carbocycles. The maximum Gasteiger partial charge on any atom is 0.0178 e.